The molecule has 0 saturated carbocycles. The third-order valence-corrected chi connectivity index (χ3v) is 2.54. The minimum Gasteiger partial charge on any atom is -0.397 e. The highest BCUT2D eigenvalue weighted by molar-refractivity contribution is 5.85. The molecule has 0 spiro atoms. The molecule has 1 aromatic rings. The maximum Gasteiger partial charge on any atom is 0.226 e. The Morgan fingerprint density at radius 3 is 2.61 bits per heavy atom. The summed E-state index contributed by atoms with van der Waals surface area (Å²) in [5.74, 6) is 0.000668. The van der Waals surface area contributed by atoms with E-state index in [1.165, 1.54) is 0 Å². The van der Waals surface area contributed by atoms with Crippen LogP contribution in [0.4, 0.5) is 5.69 Å². The van der Waals surface area contributed by atoms with Crippen LogP contribution in [0.3, 0.4) is 0 Å². The molecule has 0 bridgehead atoms. The number of carbonyl (C=O) groups is 1. The lowest BCUT2D eigenvalue weighted by molar-refractivity contribution is -0.122. The van der Waals surface area contributed by atoms with Crippen molar-refractivity contribution in [3.8, 4) is 0 Å². The van der Waals surface area contributed by atoms with E-state index in [4.69, 9.17) is 5.73 Å². The van der Waals surface area contributed by atoms with Gasteiger partial charge in [-0.15, -0.1) is 12.4 Å². The highest BCUT2D eigenvalue weighted by Crippen LogP contribution is 2.11. The van der Waals surface area contributed by atoms with Gasteiger partial charge < -0.3 is 11.1 Å². The van der Waals surface area contributed by atoms with E-state index in [1.807, 2.05) is 13.8 Å². The quantitative estimate of drug-likeness (QED) is 0.864. The Morgan fingerprint density at radius 1 is 1.44 bits per heavy atom. The molecule has 0 aliphatic carbocycles. The first kappa shape index (κ1) is 16.7. The number of carbonyl (C=O) groups excluding carboxylic acids is 1. The monoisotopic (exact) mass is 271 g/mol. The van der Waals surface area contributed by atoms with Crippen molar-refractivity contribution in [2.45, 2.75) is 45.6 Å². The number of aromatic nitrogens is 1. The van der Waals surface area contributed by atoms with E-state index >= 15 is 0 Å². The standard InChI is InChI=1S/C13H21N3O.ClH/c1-4-7-13(2,3)16-12(17)8-11-6-5-10(14)9-15-11;/h5-6,9H,4,7-8,14H2,1-3H3,(H,16,17);1H. The molecule has 3 N–H and O–H groups in total. The van der Waals surface area contributed by atoms with Crippen molar-refractivity contribution in [1.29, 1.82) is 0 Å². The van der Waals surface area contributed by atoms with Gasteiger partial charge in [0.2, 0.25) is 5.91 Å². The van der Waals surface area contributed by atoms with Crippen LogP contribution in [-0.2, 0) is 11.2 Å². The minimum atomic E-state index is -0.153. The van der Waals surface area contributed by atoms with E-state index in [9.17, 15) is 4.79 Å². The van der Waals surface area contributed by atoms with Gasteiger partial charge in [0.1, 0.15) is 0 Å². The summed E-state index contributed by atoms with van der Waals surface area (Å²) in [7, 11) is 0. The van der Waals surface area contributed by atoms with Gasteiger partial charge in [0.05, 0.1) is 18.3 Å². The van der Waals surface area contributed by atoms with Gasteiger partial charge in [0.25, 0.3) is 0 Å². The Hall–Kier alpha value is -1.29. The number of halogens is 1. The van der Waals surface area contributed by atoms with Crippen LogP contribution in [0.15, 0.2) is 18.3 Å². The number of hydrogen-bond donors (Lipinski definition) is 2. The lowest BCUT2D eigenvalue weighted by atomic mass is 9.98. The zero-order valence-corrected chi connectivity index (χ0v) is 12.0. The maximum absolute atomic E-state index is 11.8. The van der Waals surface area contributed by atoms with E-state index in [0.29, 0.717) is 12.1 Å². The number of hydrogen-bond acceptors (Lipinski definition) is 3. The molecule has 0 atom stereocenters. The molecule has 0 aliphatic rings. The molecule has 0 saturated heterocycles. The van der Waals surface area contributed by atoms with E-state index in [0.717, 1.165) is 18.5 Å². The first-order valence-corrected chi connectivity index (χ1v) is 5.94. The van der Waals surface area contributed by atoms with E-state index in [2.05, 4.69) is 17.2 Å². The summed E-state index contributed by atoms with van der Waals surface area (Å²) < 4.78 is 0. The minimum absolute atomic E-state index is 0. The smallest absolute Gasteiger partial charge is 0.226 e. The fourth-order valence-corrected chi connectivity index (χ4v) is 1.81. The van der Waals surface area contributed by atoms with Crippen molar-refractivity contribution < 1.29 is 4.79 Å². The number of nitrogen functional groups attached to an aromatic ring is 1. The van der Waals surface area contributed by atoms with E-state index in [-0.39, 0.29) is 23.9 Å². The van der Waals surface area contributed by atoms with Crippen molar-refractivity contribution in [3.05, 3.63) is 24.0 Å². The van der Waals surface area contributed by atoms with Crippen molar-refractivity contribution in [1.82, 2.24) is 10.3 Å². The SMILES string of the molecule is CCCC(C)(C)NC(=O)Cc1ccc(N)cn1.Cl. The van der Waals surface area contributed by atoms with Crippen LogP contribution in [0.5, 0.6) is 0 Å². The first-order chi connectivity index (χ1) is 7.93. The Balaban J connectivity index is 0.00000289. The summed E-state index contributed by atoms with van der Waals surface area (Å²) >= 11 is 0. The van der Waals surface area contributed by atoms with Gasteiger partial charge in [-0.05, 0) is 32.4 Å². The van der Waals surface area contributed by atoms with Gasteiger partial charge in [0, 0.05) is 11.2 Å². The first-order valence-electron chi connectivity index (χ1n) is 5.94. The highest BCUT2D eigenvalue weighted by atomic mass is 35.5. The summed E-state index contributed by atoms with van der Waals surface area (Å²) in [6.07, 6.45) is 3.88. The molecule has 1 heterocycles. The Labute approximate surface area is 115 Å². The molecule has 0 radical (unpaired) electrons. The number of pyridine rings is 1. The largest absolute Gasteiger partial charge is 0.397 e. The molecule has 1 rings (SSSR count). The number of nitrogens with one attached hydrogen (secondary N) is 1. The average Bonchev–Trinajstić information content (AvgIpc) is 2.20. The second kappa shape index (κ2) is 7.21. The predicted molar refractivity (Wildman–Crippen MR) is 76.7 cm³/mol. The predicted octanol–water partition coefficient (Wildman–Crippen LogP) is 2.32. The van der Waals surface area contributed by atoms with Gasteiger partial charge in [-0.2, -0.15) is 0 Å². The highest BCUT2D eigenvalue weighted by Gasteiger charge is 2.19. The van der Waals surface area contributed by atoms with Crippen LogP contribution < -0.4 is 11.1 Å². The molecule has 0 unspecified atom stereocenters. The molecule has 0 fully saturated rings. The molecular weight excluding hydrogens is 250 g/mol. The summed E-state index contributed by atoms with van der Waals surface area (Å²) in [6, 6.07) is 3.54. The Kier molecular flexibility index (Phi) is 6.70. The third kappa shape index (κ3) is 5.87. The summed E-state index contributed by atoms with van der Waals surface area (Å²) in [5, 5.41) is 3.01. The van der Waals surface area contributed by atoms with Crippen LogP contribution in [0, 0.1) is 0 Å². The molecule has 5 heteroatoms. The van der Waals surface area contributed by atoms with Gasteiger partial charge >= 0.3 is 0 Å². The second-order valence-electron chi connectivity index (χ2n) is 4.94. The normalized spacial score (nSPS) is 10.6. The third-order valence-electron chi connectivity index (χ3n) is 2.54. The number of nitrogens with two attached hydrogens (primary N) is 1. The van der Waals surface area contributed by atoms with Crippen molar-refractivity contribution in [2.24, 2.45) is 0 Å². The van der Waals surface area contributed by atoms with Crippen LogP contribution in [-0.4, -0.2) is 16.4 Å². The van der Waals surface area contributed by atoms with Crippen molar-refractivity contribution >= 4 is 24.0 Å². The summed E-state index contributed by atoms with van der Waals surface area (Å²) in [6.45, 7) is 6.17. The van der Waals surface area contributed by atoms with Gasteiger partial charge in [0.15, 0.2) is 0 Å². The Bertz CT molecular complexity index is 376. The van der Waals surface area contributed by atoms with Crippen molar-refractivity contribution in [2.75, 3.05) is 5.73 Å². The topological polar surface area (TPSA) is 68.0 Å². The fourth-order valence-electron chi connectivity index (χ4n) is 1.81. The molecule has 0 aliphatic heterocycles. The van der Waals surface area contributed by atoms with Gasteiger partial charge in [-0.3, -0.25) is 9.78 Å². The zero-order valence-electron chi connectivity index (χ0n) is 11.2. The molecule has 0 aromatic carbocycles. The van der Waals surface area contributed by atoms with Crippen LogP contribution in [0.25, 0.3) is 0 Å². The van der Waals surface area contributed by atoms with E-state index < -0.39 is 0 Å². The average molecular weight is 272 g/mol. The molecule has 1 amide bonds. The molecular formula is C13H22ClN3O. The summed E-state index contributed by atoms with van der Waals surface area (Å²) in [5.41, 5.74) is 6.73. The number of rotatable bonds is 5. The maximum atomic E-state index is 11.8. The molecule has 4 nitrogen and oxygen atoms in total. The number of amides is 1. The Morgan fingerprint density at radius 2 is 2.11 bits per heavy atom. The lowest BCUT2D eigenvalue weighted by Gasteiger charge is -2.25. The van der Waals surface area contributed by atoms with Crippen LogP contribution in [0.2, 0.25) is 0 Å². The number of nitrogens with zero attached hydrogens (tertiary/aromatic N) is 1. The van der Waals surface area contributed by atoms with Gasteiger partial charge in [-0.1, -0.05) is 13.3 Å². The van der Waals surface area contributed by atoms with Crippen molar-refractivity contribution in [3.63, 3.8) is 0 Å². The van der Waals surface area contributed by atoms with Gasteiger partial charge in [-0.25, -0.2) is 0 Å². The van der Waals surface area contributed by atoms with E-state index in [1.54, 1.807) is 18.3 Å². The molecule has 1 aromatic heterocycles. The summed E-state index contributed by atoms with van der Waals surface area (Å²) in [4.78, 5) is 15.9. The molecule has 102 valence electrons. The molecule has 18 heavy (non-hydrogen) atoms. The van der Waals surface area contributed by atoms with Crippen LogP contribution in [0.1, 0.15) is 39.3 Å². The van der Waals surface area contributed by atoms with Crippen LogP contribution >= 0.6 is 12.4 Å². The lowest BCUT2D eigenvalue weighted by Crippen LogP contribution is -2.44. The number of anilines is 1. The fraction of sp³-hybridized carbons (Fsp3) is 0.538. The second-order valence-corrected chi connectivity index (χ2v) is 4.94. The zero-order chi connectivity index (χ0) is 12.9.